The molecule has 3 heterocycles. The number of hydrogen-bond acceptors (Lipinski definition) is 6. The zero-order valence-electron chi connectivity index (χ0n) is 19.9. The molecule has 1 unspecified atom stereocenters. The van der Waals surface area contributed by atoms with Gasteiger partial charge in [0, 0.05) is 37.7 Å². The summed E-state index contributed by atoms with van der Waals surface area (Å²) in [5.41, 5.74) is 2.92. The fourth-order valence-electron chi connectivity index (χ4n) is 4.25. The molecule has 1 fully saturated rings. The third-order valence-electron chi connectivity index (χ3n) is 6.40. The molecule has 3 aromatic rings. The van der Waals surface area contributed by atoms with Gasteiger partial charge in [-0.05, 0) is 31.5 Å². The highest BCUT2D eigenvalue weighted by molar-refractivity contribution is 5.80. The Morgan fingerprint density at radius 3 is 2.59 bits per heavy atom. The fourth-order valence-corrected chi connectivity index (χ4v) is 4.25. The predicted octanol–water partition coefficient (Wildman–Crippen LogP) is 4.38. The molecule has 8 nitrogen and oxygen atoms in total. The number of nitrogens with zero attached hydrogens (tertiary/aromatic N) is 3. The van der Waals surface area contributed by atoms with Gasteiger partial charge in [-0.2, -0.15) is 5.10 Å². The summed E-state index contributed by atoms with van der Waals surface area (Å²) < 4.78 is 6.12. The van der Waals surface area contributed by atoms with E-state index in [2.05, 4.69) is 25.4 Å². The number of Topliss-reactive ketones (excluding diaryl/α,β-unsaturated/α-hetero) is 1. The monoisotopic (exact) mass is 463 g/mol. The number of carbonyl (C=O) groups excluding carboxylic acids is 2. The quantitative estimate of drug-likeness (QED) is 0.386. The number of amides is 1. The normalized spacial score (nSPS) is 15.1. The first-order valence-electron chi connectivity index (χ1n) is 12.1. The molecule has 2 aromatic heterocycles. The number of benzene rings is 1. The summed E-state index contributed by atoms with van der Waals surface area (Å²) in [5, 5.41) is 10.1. The molecule has 1 amide bonds. The first-order chi connectivity index (χ1) is 16.5. The summed E-state index contributed by atoms with van der Waals surface area (Å²) in [5.74, 6) is 1.56. The minimum absolute atomic E-state index is 0.0131. The van der Waals surface area contributed by atoms with Crippen LogP contribution >= 0.6 is 0 Å². The Hall–Kier alpha value is -3.26. The van der Waals surface area contributed by atoms with Crippen molar-refractivity contribution in [3.05, 3.63) is 48.6 Å². The largest absolute Gasteiger partial charge is 0.438 e. The maximum atomic E-state index is 12.7. The van der Waals surface area contributed by atoms with E-state index in [1.165, 1.54) is 0 Å². The number of oxazole rings is 1. The summed E-state index contributed by atoms with van der Waals surface area (Å²) in [4.78, 5) is 30.9. The summed E-state index contributed by atoms with van der Waals surface area (Å²) >= 11 is 0. The van der Waals surface area contributed by atoms with Crippen molar-refractivity contribution >= 4 is 11.7 Å². The first kappa shape index (κ1) is 23.9. The smallest absolute Gasteiger partial charge is 0.226 e. The molecule has 0 radical (unpaired) electrons. The highest BCUT2D eigenvalue weighted by atomic mass is 16.4. The number of nitrogens with one attached hydrogen (secondary N) is 2. The van der Waals surface area contributed by atoms with Crippen LogP contribution in [0.2, 0.25) is 0 Å². The van der Waals surface area contributed by atoms with Gasteiger partial charge in [0.1, 0.15) is 11.8 Å². The van der Waals surface area contributed by atoms with Gasteiger partial charge in [0.2, 0.25) is 11.8 Å². The van der Waals surface area contributed by atoms with Crippen LogP contribution in [0.4, 0.5) is 0 Å². The lowest BCUT2D eigenvalue weighted by Crippen LogP contribution is -2.52. The van der Waals surface area contributed by atoms with E-state index in [9.17, 15) is 9.59 Å². The van der Waals surface area contributed by atoms with E-state index in [0.29, 0.717) is 30.3 Å². The Bertz CT molecular complexity index is 1070. The Balaban J connectivity index is 1.41. The van der Waals surface area contributed by atoms with Crippen molar-refractivity contribution in [1.82, 2.24) is 25.4 Å². The number of aromatic nitrogens is 3. The van der Waals surface area contributed by atoms with Crippen molar-refractivity contribution in [2.45, 2.75) is 51.5 Å². The molecule has 0 saturated carbocycles. The number of hydrogen-bond donors (Lipinski definition) is 2. The average molecular weight is 464 g/mol. The van der Waals surface area contributed by atoms with Crippen molar-refractivity contribution < 1.29 is 14.0 Å². The minimum atomic E-state index is -0.279. The Labute approximate surface area is 200 Å². The molecule has 1 saturated heterocycles. The number of rotatable bonds is 12. The van der Waals surface area contributed by atoms with Crippen molar-refractivity contribution in [2.24, 2.45) is 5.92 Å². The molecular formula is C26H33N5O3. The third kappa shape index (κ3) is 5.99. The lowest BCUT2D eigenvalue weighted by Gasteiger charge is -2.35. The highest BCUT2D eigenvalue weighted by Crippen LogP contribution is 2.28. The molecule has 1 aromatic carbocycles. The van der Waals surface area contributed by atoms with Gasteiger partial charge in [0.25, 0.3) is 0 Å². The van der Waals surface area contributed by atoms with Crippen LogP contribution in [0.1, 0.15) is 57.4 Å². The Morgan fingerprint density at radius 1 is 1.15 bits per heavy atom. The first-order valence-corrected chi connectivity index (χ1v) is 12.1. The molecule has 1 aliphatic heterocycles. The lowest BCUT2D eigenvalue weighted by molar-refractivity contribution is -0.130. The average Bonchev–Trinajstić information content (AvgIpc) is 3.53. The van der Waals surface area contributed by atoms with E-state index >= 15 is 0 Å². The Kier molecular flexibility index (Phi) is 7.90. The van der Waals surface area contributed by atoms with Crippen LogP contribution in [-0.2, 0) is 9.59 Å². The number of H-pyrrole nitrogens is 1. The molecule has 1 aliphatic rings. The molecule has 34 heavy (non-hydrogen) atoms. The Morgan fingerprint density at radius 2 is 1.91 bits per heavy atom. The van der Waals surface area contributed by atoms with Gasteiger partial charge in [0.15, 0.2) is 5.76 Å². The van der Waals surface area contributed by atoms with Crippen LogP contribution in [0.5, 0.6) is 0 Å². The fraction of sp³-hybridized carbons (Fsp3) is 0.462. The van der Waals surface area contributed by atoms with Crippen molar-refractivity contribution in [3.8, 4) is 22.6 Å². The van der Waals surface area contributed by atoms with Crippen LogP contribution in [0.25, 0.3) is 22.6 Å². The maximum absolute atomic E-state index is 12.7. The van der Waals surface area contributed by atoms with Gasteiger partial charge in [-0.15, -0.1) is 0 Å². The number of likely N-dealkylation sites (tertiary alicyclic amines) is 1. The lowest BCUT2D eigenvalue weighted by atomic mass is 9.99. The molecule has 4 rings (SSSR count). The third-order valence-corrected chi connectivity index (χ3v) is 6.40. The van der Waals surface area contributed by atoms with Gasteiger partial charge in [-0.3, -0.25) is 14.7 Å². The second kappa shape index (κ2) is 11.2. The summed E-state index contributed by atoms with van der Waals surface area (Å²) in [6.07, 6.45) is 8.10. The van der Waals surface area contributed by atoms with E-state index in [0.717, 1.165) is 55.6 Å². The molecule has 8 heteroatoms. The molecule has 2 N–H and O–H groups in total. The predicted molar refractivity (Wildman–Crippen MR) is 130 cm³/mol. The van der Waals surface area contributed by atoms with Crippen LogP contribution in [0.3, 0.4) is 0 Å². The molecule has 1 atom stereocenters. The molecule has 180 valence electrons. The van der Waals surface area contributed by atoms with E-state index in [1.54, 1.807) is 12.4 Å². The van der Waals surface area contributed by atoms with Gasteiger partial charge in [0.05, 0.1) is 17.8 Å². The van der Waals surface area contributed by atoms with E-state index in [4.69, 9.17) is 4.42 Å². The standard InChI is InChI=1S/C26H33N5O3/c1-3-21(32)7-5-4-6-8-23(29-25(33)20-16-31(2)17-20)26-27-15-24(34-26)19-11-9-18(10-12-19)22-13-14-28-30-22/h9-15,20,23H,3-8,16-17H2,1-2H3,(H,28,30)(H,29,33). The van der Waals surface area contributed by atoms with Crippen molar-refractivity contribution in [2.75, 3.05) is 20.1 Å². The van der Waals surface area contributed by atoms with Gasteiger partial charge in [-0.25, -0.2) is 4.98 Å². The van der Waals surface area contributed by atoms with Gasteiger partial charge < -0.3 is 14.6 Å². The second-order valence-electron chi connectivity index (χ2n) is 9.08. The van der Waals surface area contributed by atoms with E-state index in [1.807, 2.05) is 44.3 Å². The molecule has 0 aliphatic carbocycles. The van der Waals surface area contributed by atoms with Gasteiger partial charge in [-0.1, -0.05) is 44.0 Å². The van der Waals surface area contributed by atoms with Gasteiger partial charge >= 0.3 is 0 Å². The minimum Gasteiger partial charge on any atom is -0.438 e. The maximum Gasteiger partial charge on any atom is 0.226 e. The van der Waals surface area contributed by atoms with Crippen LogP contribution in [0, 0.1) is 5.92 Å². The summed E-state index contributed by atoms with van der Waals surface area (Å²) in [6.45, 7) is 3.45. The number of aromatic amines is 1. The second-order valence-corrected chi connectivity index (χ2v) is 9.08. The van der Waals surface area contributed by atoms with Crippen LogP contribution in [-0.4, -0.2) is 51.9 Å². The topological polar surface area (TPSA) is 104 Å². The number of carbonyl (C=O) groups is 2. The molecule has 0 bridgehead atoms. The SMILES string of the molecule is CCC(=O)CCCCCC(NC(=O)C1CN(C)C1)c1ncc(-c2ccc(-c3ccn[nH]3)cc2)o1. The zero-order chi connectivity index (χ0) is 23.9. The van der Waals surface area contributed by atoms with Crippen molar-refractivity contribution in [1.29, 1.82) is 0 Å². The van der Waals surface area contributed by atoms with Crippen LogP contribution < -0.4 is 5.32 Å². The summed E-state index contributed by atoms with van der Waals surface area (Å²) in [6, 6.07) is 9.64. The molecular weight excluding hydrogens is 430 g/mol. The van der Waals surface area contributed by atoms with E-state index in [-0.39, 0.29) is 17.9 Å². The van der Waals surface area contributed by atoms with E-state index < -0.39 is 0 Å². The molecule has 0 spiro atoms. The highest BCUT2D eigenvalue weighted by Gasteiger charge is 2.32. The summed E-state index contributed by atoms with van der Waals surface area (Å²) in [7, 11) is 2.01. The number of ketones is 1. The zero-order valence-corrected chi connectivity index (χ0v) is 19.9. The van der Waals surface area contributed by atoms with Crippen LogP contribution in [0.15, 0.2) is 47.1 Å². The van der Waals surface area contributed by atoms with Crippen molar-refractivity contribution in [3.63, 3.8) is 0 Å². The number of unbranched alkanes of at least 4 members (excludes halogenated alkanes) is 2.